The quantitative estimate of drug-likeness (QED) is 0.572. The molecular formula is C29H34N2O5. The average Bonchev–Trinajstić information content (AvgIpc) is 3.38. The van der Waals surface area contributed by atoms with Gasteiger partial charge in [0.2, 0.25) is 0 Å². The first-order chi connectivity index (χ1) is 17.2. The summed E-state index contributed by atoms with van der Waals surface area (Å²) < 4.78 is 16.4. The molecule has 3 aliphatic rings. The normalized spacial score (nSPS) is 24.4. The van der Waals surface area contributed by atoms with Crippen LogP contribution in [0.5, 0.6) is 5.75 Å². The molecule has 0 saturated carbocycles. The van der Waals surface area contributed by atoms with Crippen molar-refractivity contribution in [3.8, 4) is 5.75 Å². The zero-order valence-electron chi connectivity index (χ0n) is 21.6. The molecule has 7 heteroatoms. The van der Waals surface area contributed by atoms with E-state index < -0.39 is 11.0 Å². The van der Waals surface area contributed by atoms with E-state index in [1.807, 2.05) is 56.0 Å². The first-order valence-electron chi connectivity index (χ1n) is 12.5. The molecule has 5 rings (SSSR count). The van der Waals surface area contributed by atoms with Crippen molar-refractivity contribution in [1.82, 2.24) is 4.90 Å². The van der Waals surface area contributed by atoms with Crippen molar-refractivity contribution in [3.63, 3.8) is 0 Å². The van der Waals surface area contributed by atoms with Crippen LogP contribution in [0.25, 0.3) is 0 Å². The molecule has 0 bridgehead atoms. The molecule has 2 aromatic carbocycles. The Labute approximate surface area is 212 Å². The summed E-state index contributed by atoms with van der Waals surface area (Å²) in [6.45, 7) is 6.84. The van der Waals surface area contributed by atoms with Crippen LogP contribution in [0, 0.1) is 0 Å². The van der Waals surface area contributed by atoms with Gasteiger partial charge in [0.05, 0.1) is 31.9 Å². The van der Waals surface area contributed by atoms with Crippen LogP contribution in [0.2, 0.25) is 0 Å². The lowest BCUT2D eigenvalue weighted by Crippen LogP contribution is -2.57. The molecule has 1 fully saturated rings. The van der Waals surface area contributed by atoms with E-state index in [4.69, 9.17) is 14.2 Å². The maximum Gasteiger partial charge on any atom is 0.410 e. The van der Waals surface area contributed by atoms with E-state index in [0.29, 0.717) is 25.1 Å². The standard InChI is InChI=1S/C29H34N2O5/c1-28(2,3)36-27(33)30-17-16-29-22-8-6-7-9-23(22)31(18-19-10-12-20(34-4)13-11-19)25(29)21(26(32)35-5)14-15-24(29)30/h6-14,24-25H,15-18H2,1-5H3/t24-,25-,29+/m0/s1. The lowest BCUT2D eigenvalue weighted by molar-refractivity contribution is -0.136. The summed E-state index contributed by atoms with van der Waals surface area (Å²) in [7, 11) is 3.08. The SMILES string of the molecule is COC(=O)C1=CC[C@@H]2N(C(=O)OC(C)(C)C)CC[C@@]23c2ccccc2N(Cc2ccc(OC)cc2)[C@@H]13. The predicted octanol–water partition coefficient (Wildman–Crippen LogP) is 4.83. The summed E-state index contributed by atoms with van der Waals surface area (Å²) in [5.74, 6) is 0.481. The molecule has 0 N–H and O–H groups in total. The Kier molecular flexibility index (Phi) is 5.97. The summed E-state index contributed by atoms with van der Waals surface area (Å²) in [6.07, 6.45) is 2.98. The number of rotatable bonds is 4. The highest BCUT2D eigenvalue weighted by Gasteiger charge is 2.64. The Bertz CT molecular complexity index is 1200. The number of esters is 1. The lowest BCUT2D eigenvalue weighted by Gasteiger charge is -2.45. The van der Waals surface area contributed by atoms with Gasteiger partial charge in [-0.05, 0) is 62.9 Å². The van der Waals surface area contributed by atoms with Crippen LogP contribution in [0.1, 0.15) is 44.7 Å². The number of amides is 1. The van der Waals surface area contributed by atoms with Gasteiger partial charge >= 0.3 is 12.1 Å². The molecule has 1 amide bonds. The number of carbonyl (C=O) groups is 2. The van der Waals surface area contributed by atoms with Crippen LogP contribution >= 0.6 is 0 Å². The first-order valence-corrected chi connectivity index (χ1v) is 12.5. The third-order valence-electron chi connectivity index (χ3n) is 7.67. The van der Waals surface area contributed by atoms with Crippen LogP contribution in [-0.4, -0.2) is 55.4 Å². The molecular weight excluding hydrogens is 456 g/mol. The third-order valence-corrected chi connectivity index (χ3v) is 7.67. The van der Waals surface area contributed by atoms with Gasteiger partial charge in [0.15, 0.2) is 0 Å². The number of carbonyl (C=O) groups excluding carboxylic acids is 2. The van der Waals surface area contributed by atoms with Gasteiger partial charge in [-0.1, -0.05) is 36.4 Å². The van der Waals surface area contributed by atoms with Crippen molar-refractivity contribution in [1.29, 1.82) is 0 Å². The summed E-state index contributed by atoms with van der Waals surface area (Å²) in [6, 6.07) is 16.0. The number of likely N-dealkylation sites (tertiary alicyclic amines) is 1. The van der Waals surface area contributed by atoms with Crippen LogP contribution in [-0.2, 0) is 26.2 Å². The molecule has 1 saturated heterocycles. The van der Waals surface area contributed by atoms with Gasteiger partial charge in [0, 0.05) is 24.2 Å². The molecule has 0 unspecified atom stereocenters. The fourth-order valence-electron chi connectivity index (χ4n) is 6.31. The van der Waals surface area contributed by atoms with E-state index in [1.54, 1.807) is 7.11 Å². The van der Waals surface area contributed by atoms with Crippen molar-refractivity contribution in [2.24, 2.45) is 0 Å². The fraction of sp³-hybridized carbons (Fsp3) is 0.448. The highest BCUT2D eigenvalue weighted by atomic mass is 16.6. The monoisotopic (exact) mass is 490 g/mol. The lowest BCUT2D eigenvalue weighted by atomic mass is 9.64. The minimum atomic E-state index is -0.581. The number of nitrogens with zero attached hydrogens (tertiary/aromatic N) is 2. The van der Waals surface area contributed by atoms with E-state index in [9.17, 15) is 9.59 Å². The Balaban J connectivity index is 1.61. The van der Waals surface area contributed by atoms with Crippen LogP contribution in [0.15, 0.2) is 60.2 Å². The van der Waals surface area contributed by atoms with Gasteiger partial charge in [-0.2, -0.15) is 0 Å². The molecule has 0 aromatic heterocycles. The van der Waals surface area contributed by atoms with E-state index in [1.165, 1.54) is 12.7 Å². The zero-order chi connectivity index (χ0) is 25.7. The Morgan fingerprint density at radius 1 is 1.06 bits per heavy atom. The second-order valence-electron chi connectivity index (χ2n) is 10.8. The van der Waals surface area contributed by atoms with Crippen molar-refractivity contribution in [2.45, 2.75) is 63.3 Å². The van der Waals surface area contributed by atoms with Gasteiger partial charge in [-0.25, -0.2) is 9.59 Å². The molecule has 36 heavy (non-hydrogen) atoms. The van der Waals surface area contributed by atoms with E-state index >= 15 is 0 Å². The van der Waals surface area contributed by atoms with Crippen LogP contribution < -0.4 is 9.64 Å². The summed E-state index contributed by atoms with van der Waals surface area (Å²) >= 11 is 0. The number of hydrogen-bond acceptors (Lipinski definition) is 6. The minimum absolute atomic E-state index is 0.118. The number of ether oxygens (including phenoxy) is 3. The maximum absolute atomic E-state index is 13.3. The first kappa shape index (κ1) is 24.2. The third kappa shape index (κ3) is 3.81. The Hall–Kier alpha value is -3.48. The smallest absolute Gasteiger partial charge is 0.410 e. The second-order valence-corrected chi connectivity index (χ2v) is 10.8. The van der Waals surface area contributed by atoms with Crippen molar-refractivity contribution in [3.05, 3.63) is 71.3 Å². The topological polar surface area (TPSA) is 68.3 Å². The summed E-state index contributed by atoms with van der Waals surface area (Å²) in [4.78, 5) is 30.6. The minimum Gasteiger partial charge on any atom is -0.497 e. The molecule has 7 nitrogen and oxygen atoms in total. The number of anilines is 1. The van der Waals surface area contributed by atoms with E-state index in [2.05, 4.69) is 29.2 Å². The van der Waals surface area contributed by atoms with Gasteiger partial charge in [0.1, 0.15) is 11.4 Å². The molecule has 3 atom stereocenters. The average molecular weight is 491 g/mol. The number of para-hydroxylation sites is 1. The summed E-state index contributed by atoms with van der Waals surface area (Å²) in [5, 5.41) is 0. The number of benzene rings is 2. The molecule has 190 valence electrons. The van der Waals surface area contributed by atoms with E-state index in [-0.39, 0.29) is 24.1 Å². The molecule has 1 aliphatic carbocycles. The molecule has 0 radical (unpaired) electrons. The maximum atomic E-state index is 13.3. The fourth-order valence-corrected chi connectivity index (χ4v) is 6.31. The molecule has 2 heterocycles. The molecule has 1 spiro atoms. The predicted molar refractivity (Wildman–Crippen MR) is 137 cm³/mol. The highest BCUT2D eigenvalue weighted by molar-refractivity contribution is 5.93. The molecule has 2 aliphatic heterocycles. The van der Waals surface area contributed by atoms with Crippen LogP contribution in [0.3, 0.4) is 0 Å². The second kappa shape index (κ2) is 8.87. The van der Waals surface area contributed by atoms with E-state index in [0.717, 1.165) is 23.4 Å². The molecule has 2 aromatic rings. The van der Waals surface area contributed by atoms with Gasteiger partial charge in [-0.3, -0.25) is 0 Å². The van der Waals surface area contributed by atoms with Crippen molar-refractivity contribution >= 4 is 17.7 Å². The van der Waals surface area contributed by atoms with Gasteiger partial charge < -0.3 is 24.0 Å². The number of methoxy groups -OCH3 is 2. The van der Waals surface area contributed by atoms with Gasteiger partial charge in [-0.15, -0.1) is 0 Å². The number of fused-ring (bicyclic) bond motifs is 1. The van der Waals surface area contributed by atoms with Crippen molar-refractivity contribution in [2.75, 3.05) is 25.7 Å². The van der Waals surface area contributed by atoms with Crippen LogP contribution in [0.4, 0.5) is 10.5 Å². The Morgan fingerprint density at radius 2 is 1.78 bits per heavy atom. The zero-order valence-corrected chi connectivity index (χ0v) is 21.6. The number of hydrogen-bond donors (Lipinski definition) is 0. The van der Waals surface area contributed by atoms with Gasteiger partial charge in [0.25, 0.3) is 0 Å². The highest BCUT2D eigenvalue weighted by Crippen LogP contribution is 2.58. The van der Waals surface area contributed by atoms with Crippen molar-refractivity contribution < 1.29 is 23.8 Å². The largest absolute Gasteiger partial charge is 0.497 e. The Morgan fingerprint density at radius 3 is 2.44 bits per heavy atom. The summed E-state index contributed by atoms with van der Waals surface area (Å²) in [5.41, 5.74) is 3.01.